The smallest absolute Gasteiger partial charge is 0.259 e. The van der Waals surface area contributed by atoms with Crippen LogP contribution < -0.4 is 10.1 Å². The van der Waals surface area contributed by atoms with E-state index in [0.717, 1.165) is 12.8 Å². The minimum Gasteiger partial charge on any atom is -0.490 e. The average molecular weight is 404 g/mol. The monoisotopic (exact) mass is 404 g/mol. The molecule has 0 spiro atoms. The van der Waals surface area contributed by atoms with E-state index in [4.69, 9.17) is 9.47 Å². The van der Waals surface area contributed by atoms with Crippen molar-refractivity contribution in [1.82, 2.24) is 4.31 Å². The van der Waals surface area contributed by atoms with Crippen LogP contribution in [0.2, 0.25) is 0 Å². The maximum absolute atomic E-state index is 12.6. The summed E-state index contributed by atoms with van der Waals surface area (Å²) in [6.45, 7) is 1.87. The molecule has 2 aromatic rings. The third kappa shape index (κ3) is 4.70. The van der Waals surface area contributed by atoms with E-state index < -0.39 is 10.0 Å². The first-order valence-electron chi connectivity index (χ1n) is 9.15. The molecule has 1 amide bonds. The van der Waals surface area contributed by atoms with Crippen LogP contribution in [0.3, 0.4) is 0 Å². The Morgan fingerprint density at radius 1 is 1.04 bits per heavy atom. The van der Waals surface area contributed by atoms with E-state index in [-0.39, 0.29) is 10.8 Å². The van der Waals surface area contributed by atoms with Crippen molar-refractivity contribution in [2.45, 2.75) is 17.7 Å². The zero-order valence-electron chi connectivity index (χ0n) is 15.8. The first-order valence-corrected chi connectivity index (χ1v) is 10.6. The number of carbonyl (C=O) groups is 1. The number of carbonyl (C=O) groups excluding carboxylic acids is 1. The van der Waals surface area contributed by atoms with Crippen molar-refractivity contribution in [3.05, 3.63) is 54.1 Å². The maximum Gasteiger partial charge on any atom is 0.259 e. The number of hydrogen-bond donors (Lipinski definition) is 1. The van der Waals surface area contributed by atoms with Crippen LogP contribution in [-0.2, 0) is 14.8 Å². The molecule has 0 radical (unpaired) electrons. The van der Waals surface area contributed by atoms with Gasteiger partial charge in [-0.1, -0.05) is 12.1 Å². The van der Waals surface area contributed by atoms with Crippen molar-refractivity contribution in [3.8, 4) is 5.75 Å². The van der Waals surface area contributed by atoms with Gasteiger partial charge in [0, 0.05) is 25.9 Å². The number of hydrogen-bond acceptors (Lipinski definition) is 5. The summed E-state index contributed by atoms with van der Waals surface area (Å²) in [5.41, 5.74) is 0.907. The van der Waals surface area contributed by atoms with E-state index in [1.54, 1.807) is 43.5 Å². The van der Waals surface area contributed by atoms with E-state index in [0.29, 0.717) is 43.3 Å². The molecule has 1 aliphatic heterocycles. The molecule has 1 heterocycles. The number of benzene rings is 2. The van der Waals surface area contributed by atoms with Crippen molar-refractivity contribution in [2.75, 3.05) is 38.7 Å². The Labute approximate surface area is 165 Å². The fraction of sp³-hybridized carbons (Fsp3) is 0.350. The second kappa shape index (κ2) is 9.18. The van der Waals surface area contributed by atoms with Crippen molar-refractivity contribution < 1.29 is 22.7 Å². The number of anilines is 1. The predicted octanol–water partition coefficient (Wildman–Crippen LogP) is 2.75. The summed E-state index contributed by atoms with van der Waals surface area (Å²) in [6.07, 6.45) is 1.78. The standard InChI is InChI=1S/C20H24N2O5S/c1-26-14-15-27-19-7-3-2-6-18(19)20(23)21-16-8-10-17(11-9-16)28(24,25)22-12-4-5-13-22/h2-3,6-11H,4-5,12-15H2,1H3,(H,21,23). The molecule has 150 valence electrons. The van der Waals surface area contributed by atoms with Crippen LogP contribution in [0.4, 0.5) is 5.69 Å². The minimum absolute atomic E-state index is 0.232. The van der Waals surface area contributed by atoms with Gasteiger partial charge >= 0.3 is 0 Å². The van der Waals surface area contributed by atoms with Crippen LogP contribution in [0.25, 0.3) is 0 Å². The third-order valence-electron chi connectivity index (χ3n) is 4.49. The number of sulfonamides is 1. The lowest BCUT2D eigenvalue weighted by molar-refractivity contribution is 0.101. The number of para-hydroxylation sites is 1. The lowest BCUT2D eigenvalue weighted by Gasteiger charge is -2.16. The van der Waals surface area contributed by atoms with Gasteiger partial charge in [-0.25, -0.2) is 8.42 Å². The van der Waals surface area contributed by atoms with Gasteiger partial charge in [0.25, 0.3) is 5.91 Å². The summed E-state index contributed by atoms with van der Waals surface area (Å²) in [4.78, 5) is 12.8. The number of rotatable bonds is 8. The zero-order chi connectivity index (χ0) is 20.0. The SMILES string of the molecule is COCCOc1ccccc1C(=O)Nc1ccc(S(=O)(=O)N2CCCC2)cc1. The van der Waals surface area contributed by atoms with Crippen molar-refractivity contribution in [1.29, 1.82) is 0 Å². The molecule has 7 nitrogen and oxygen atoms in total. The summed E-state index contributed by atoms with van der Waals surface area (Å²) < 4.78 is 37.2. The van der Waals surface area contributed by atoms with Gasteiger partial charge in [0.05, 0.1) is 17.1 Å². The summed E-state index contributed by atoms with van der Waals surface area (Å²) in [5.74, 6) is 0.133. The van der Waals surface area contributed by atoms with Gasteiger partial charge in [-0.2, -0.15) is 4.31 Å². The Kier molecular flexibility index (Phi) is 6.66. The number of methoxy groups -OCH3 is 1. The Bertz CT molecular complexity index is 906. The normalized spacial score (nSPS) is 14.8. The molecule has 0 aromatic heterocycles. The maximum atomic E-state index is 12.6. The molecule has 0 bridgehead atoms. The second-order valence-electron chi connectivity index (χ2n) is 6.43. The highest BCUT2D eigenvalue weighted by atomic mass is 32.2. The van der Waals surface area contributed by atoms with Gasteiger partial charge in [0.15, 0.2) is 0 Å². The summed E-state index contributed by atoms with van der Waals surface area (Å²) in [6, 6.07) is 13.2. The lowest BCUT2D eigenvalue weighted by Crippen LogP contribution is -2.27. The van der Waals surface area contributed by atoms with Gasteiger partial charge in [-0.05, 0) is 49.2 Å². The fourth-order valence-corrected chi connectivity index (χ4v) is 4.52. The van der Waals surface area contributed by atoms with Gasteiger partial charge in [0.2, 0.25) is 10.0 Å². The fourth-order valence-electron chi connectivity index (χ4n) is 3.00. The molecule has 1 N–H and O–H groups in total. The molecule has 2 aromatic carbocycles. The predicted molar refractivity (Wildman–Crippen MR) is 106 cm³/mol. The van der Waals surface area contributed by atoms with Crippen molar-refractivity contribution in [2.24, 2.45) is 0 Å². The number of ether oxygens (including phenoxy) is 2. The Morgan fingerprint density at radius 3 is 2.39 bits per heavy atom. The Hall–Kier alpha value is -2.42. The van der Waals surface area contributed by atoms with Gasteiger partial charge in [-0.15, -0.1) is 0 Å². The lowest BCUT2D eigenvalue weighted by atomic mass is 10.2. The minimum atomic E-state index is -3.47. The van der Waals surface area contributed by atoms with E-state index >= 15 is 0 Å². The van der Waals surface area contributed by atoms with Crippen LogP contribution >= 0.6 is 0 Å². The molecular weight excluding hydrogens is 380 g/mol. The van der Waals surface area contributed by atoms with Crippen LogP contribution in [0.1, 0.15) is 23.2 Å². The highest BCUT2D eigenvalue weighted by molar-refractivity contribution is 7.89. The summed E-state index contributed by atoms with van der Waals surface area (Å²) in [7, 11) is -1.89. The number of nitrogens with one attached hydrogen (secondary N) is 1. The molecule has 1 fully saturated rings. The average Bonchev–Trinajstić information content (AvgIpc) is 3.25. The Morgan fingerprint density at radius 2 is 1.71 bits per heavy atom. The molecule has 1 aliphatic rings. The first-order chi connectivity index (χ1) is 13.5. The van der Waals surface area contributed by atoms with Crippen LogP contribution in [0, 0.1) is 0 Å². The van der Waals surface area contributed by atoms with Gasteiger partial charge in [0.1, 0.15) is 12.4 Å². The van der Waals surface area contributed by atoms with Gasteiger partial charge in [-0.3, -0.25) is 4.79 Å². The van der Waals surface area contributed by atoms with E-state index in [1.165, 1.54) is 16.4 Å². The van der Waals surface area contributed by atoms with Crippen LogP contribution in [0.5, 0.6) is 5.75 Å². The third-order valence-corrected chi connectivity index (χ3v) is 6.40. The van der Waals surface area contributed by atoms with E-state index in [9.17, 15) is 13.2 Å². The zero-order valence-corrected chi connectivity index (χ0v) is 16.6. The van der Waals surface area contributed by atoms with Crippen LogP contribution in [-0.4, -0.2) is 52.0 Å². The Balaban J connectivity index is 1.70. The van der Waals surface area contributed by atoms with Crippen LogP contribution in [0.15, 0.2) is 53.4 Å². The first kappa shape index (κ1) is 20.3. The molecule has 0 unspecified atom stereocenters. The molecule has 3 rings (SSSR count). The summed E-state index contributed by atoms with van der Waals surface area (Å²) >= 11 is 0. The number of amides is 1. The highest BCUT2D eigenvalue weighted by Crippen LogP contribution is 2.23. The van der Waals surface area contributed by atoms with Crippen molar-refractivity contribution >= 4 is 21.6 Å². The highest BCUT2D eigenvalue weighted by Gasteiger charge is 2.27. The summed E-state index contributed by atoms with van der Waals surface area (Å²) in [5, 5.41) is 2.78. The molecular formula is C20H24N2O5S. The molecule has 8 heteroatoms. The van der Waals surface area contributed by atoms with Gasteiger partial charge < -0.3 is 14.8 Å². The second-order valence-corrected chi connectivity index (χ2v) is 8.37. The molecule has 1 saturated heterocycles. The van der Waals surface area contributed by atoms with Crippen molar-refractivity contribution in [3.63, 3.8) is 0 Å². The molecule has 28 heavy (non-hydrogen) atoms. The molecule has 0 aliphatic carbocycles. The van der Waals surface area contributed by atoms with E-state index in [1.807, 2.05) is 0 Å². The number of nitrogens with zero attached hydrogens (tertiary/aromatic N) is 1. The quantitative estimate of drug-likeness (QED) is 0.684. The van der Waals surface area contributed by atoms with E-state index in [2.05, 4.69) is 5.32 Å². The largest absolute Gasteiger partial charge is 0.490 e. The molecule has 0 saturated carbocycles. The molecule has 0 atom stereocenters. The topological polar surface area (TPSA) is 84.9 Å².